The molecular formula is C19H20BF2N3. The van der Waals surface area contributed by atoms with Gasteiger partial charge in [-0.05, 0) is 56.6 Å². The highest BCUT2D eigenvalue weighted by molar-refractivity contribution is 6.58. The van der Waals surface area contributed by atoms with E-state index in [9.17, 15) is 0 Å². The average molecular weight is 339 g/mol. The Kier molecular flexibility index (Phi) is 3.20. The Balaban J connectivity index is 2.22. The molecule has 0 saturated heterocycles. The van der Waals surface area contributed by atoms with E-state index in [2.05, 4.69) is 4.98 Å². The fourth-order valence-corrected chi connectivity index (χ4v) is 4.28. The summed E-state index contributed by atoms with van der Waals surface area (Å²) in [6.45, 7) is 5.37. The molecule has 0 bridgehead atoms. The zero-order chi connectivity index (χ0) is 18.1. The maximum Gasteiger partial charge on any atom is 0.737 e. The molecule has 4 heterocycles. The van der Waals surface area contributed by atoms with Gasteiger partial charge in [-0.1, -0.05) is 0 Å². The Morgan fingerprint density at radius 2 is 1.80 bits per heavy atom. The number of halogens is 2. The van der Waals surface area contributed by atoms with Crippen molar-refractivity contribution in [2.24, 2.45) is 0 Å². The number of pyridine rings is 1. The monoisotopic (exact) mass is 339 g/mol. The summed E-state index contributed by atoms with van der Waals surface area (Å²) in [5.41, 5.74) is 6.86. The van der Waals surface area contributed by atoms with Crippen LogP contribution in [0.3, 0.4) is 0 Å². The van der Waals surface area contributed by atoms with Crippen LogP contribution in [0.1, 0.15) is 41.9 Å². The first-order chi connectivity index (χ1) is 11.7. The van der Waals surface area contributed by atoms with Crippen molar-refractivity contribution in [2.75, 3.05) is 0 Å². The average Bonchev–Trinajstić information content (AvgIpc) is 2.99. The molecule has 0 atom stereocenters. The Bertz CT molecular complexity index is 1030. The number of hydrogen-bond acceptors (Lipinski definition) is 1. The summed E-state index contributed by atoms with van der Waals surface area (Å²) >= 11 is 0. The van der Waals surface area contributed by atoms with Crippen LogP contribution in [-0.2, 0) is 0 Å². The smallest absolute Gasteiger partial charge is 0.393 e. The summed E-state index contributed by atoms with van der Waals surface area (Å²) < 4.78 is 33.4. The van der Waals surface area contributed by atoms with Crippen LogP contribution in [0.15, 0.2) is 41.9 Å². The van der Waals surface area contributed by atoms with Crippen LogP contribution in [0.5, 0.6) is 0 Å². The van der Waals surface area contributed by atoms with Crippen molar-refractivity contribution >= 4 is 18.3 Å². The van der Waals surface area contributed by atoms with E-state index in [1.807, 2.05) is 39.0 Å². The zero-order valence-corrected chi connectivity index (χ0v) is 15.1. The lowest BCUT2D eigenvalue weighted by Gasteiger charge is -2.34. The SMILES string of the molecule is CC1=CC(C)=[N+]2C1=C(c1cnccc1C)c1c(C)cc(C)n1[B-]2(F)F. The predicted octanol–water partition coefficient (Wildman–Crippen LogP) is 4.24. The molecule has 0 unspecified atom stereocenters. The molecule has 0 radical (unpaired) electrons. The minimum atomic E-state index is -3.92. The van der Waals surface area contributed by atoms with Crippen LogP contribution in [0.25, 0.3) is 5.57 Å². The molecule has 0 saturated carbocycles. The molecule has 2 aliphatic rings. The van der Waals surface area contributed by atoms with Crippen molar-refractivity contribution in [3.8, 4) is 0 Å². The molecule has 2 aliphatic heterocycles. The highest BCUT2D eigenvalue weighted by atomic mass is 19.2. The van der Waals surface area contributed by atoms with Crippen LogP contribution < -0.4 is 0 Å². The molecular weight excluding hydrogens is 319 g/mol. The summed E-state index contributed by atoms with van der Waals surface area (Å²) in [5.74, 6) is 0. The third-order valence-corrected chi connectivity index (χ3v) is 5.24. The van der Waals surface area contributed by atoms with Gasteiger partial charge < -0.3 is 17.6 Å². The molecule has 0 aromatic carbocycles. The van der Waals surface area contributed by atoms with E-state index in [0.717, 1.165) is 27.8 Å². The normalized spacial score (nSPS) is 18.4. The van der Waals surface area contributed by atoms with Gasteiger partial charge in [-0.15, -0.1) is 0 Å². The number of aromatic nitrogens is 2. The van der Waals surface area contributed by atoms with Crippen LogP contribution in [0.4, 0.5) is 8.63 Å². The topological polar surface area (TPSA) is 20.8 Å². The fraction of sp³-hybridized carbons (Fsp3) is 0.263. The van der Waals surface area contributed by atoms with E-state index in [-0.39, 0.29) is 0 Å². The molecule has 2 aromatic heterocycles. The van der Waals surface area contributed by atoms with E-state index < -0.39 is 6.97 Å². The maximum atomic E-state index is 15.5. The third kappa shape index (κ3) is 1.97. The quantitative estimate of drug-likeness (QED) is 0.712. The molecule has 2 aromatic rings. The minimum Gasteiger partial charge on any atom is -0.393 e. The standard InChI is InChI=1S/C19H20BF2N3/c1-11-6-7-23-10-16(11)17-18-12(2)8-14(4)24(18)20(21,22)25-15(5)9-13(3)19(17)25/h6-10H,1-5H3. The number of allylic oxidation sites excluding steroid dienone is 2. The molecule has 0 amide bonds. The molecule has 3 nitrogen and oxygen atoms in total. The van der Waals surface area contributed by atoms with Gasteiger partial charge >= 0.3 is 6.97 Å². The largest absolute Gasteiger partial charge is 0.737 e. The van der Waals surface area contributed by atoms with Crippen molar-refractivity contribution in [3.05, 3.63) is 70.0 Å². The van der Waals surface area contributed by atoms with E-state index >= 15 is 8.63 Å². The summed E-state index contributed by atoms with van der Waals surface area (Å²) in [6, 6.07) is 3.76. The summed E-state index contributed by atoms with van der Waals surface area (Å²) in [6.07, 6.45) is 5.35. The van der Waals surface area contributed by atoms with Crippen molar-refractivity contribution in [1.82, 2.24) is 9.46 Å². The first-order valence-corrected chi connectivity index (χ1v) is 8.43. The van der Waals surface area contributed by atoms with Crippen LogP contribution in [0, 0.1) is 20.8 Å². The highest BCUT2D eigenvalue weighted by Crippen LogP contribution is 2.44. The van der Waals surface area contributed by atoms with Gasteiger partial charge in [-0.3, -0.25) is 4.98 Å². The van der Waals surface area contributed by atoms with Crippen LogP contribution >= 0.6 is 0 Å². The van der Waals surface area contributed by atoms with Gasteiger partial charge in [-0.25, -0.2) is 0 Å². The molecule has 0 aliphatic carbocycles. The minimum absolute atomic E-state index is 0.577. The highest BCUT2D eigenvalue weighted by Gasteiger charge is 2.55. The second-order valence-corrected chi connectivity index (χ2v) is 7.03. The molecule has 4 rings (SSSR count). The van der Waals surface area contributed by atoms with E-state index in [0.29, 0.717) is 22.8 Å². The summed E-state index contributed by atoms with van der Waals surface area (Å²) in [7, 11) is 0. The summed E-state index contributed by atoms with van der Waals surface area (Å²) in [5, 5.41) is 0. The molecule has 128 valence electrons. The zero-order valence-electron chi connectivity index (χ0n) is 15.1. The molecule has 6 heteroatoms. The Morgan fingerprint density at radius 1 is 1.08 bits per heavy atom. The number of rotatable bonds is 1. The molecule has 0 N–H and O–H groups in total. The van der Waals surface area contributed by atoms with Gasteiger partial charge in [0.1, 0.15) is 5.71 Å². The Hall–Kier alpha value is -2.50. The van der Waals surface area contributed by atoms with Gasteiger partial charge in [0.15, 0.2) is 5.70 Å². The van der Waals surface area contributed by atoms with Gasteiger partial charge in [0.25, 0.3) is 0 Å². The summed E-state index contributed by atoms with van der Waals surface area (Å²) in [4.78, 5) is 4.25. The third-order valence-electron chi connectivity index (χ3n) is 5.24. The van der Waals surface area contributed by atoms with E-state index in [4.69, 9.17) is 0 Å². The predicted molar refractivity (Wildman–Crippen MR) is 97.0 cm³/mol. The lowest BCUT2D eigenvalue weighted by molar-refractivity contribution is -0.363. The van der Waals surface area contributed by atoms with Crippen molar-refractivity contribution in [3.63, 3.8) is 0 Å². The first-order valence-electron chi connectivity index (χ1n) is 8.43. The van der Waals surface area contributed by atoms with Crippen molar-refractivity contribution < 1.29 is 13.1 Å². The fourth-order valence-electron chi connectivity index (χ4n) is 4.28. The van der Waals surface area contributed by atoms with Gasteiger partial charge in [-0.2, -0.15) is 0 Å². The van der Waals surface area contributed by atoms with Gasteiger partial charge in [0.05, 0.1) is 5.57 Å². The van der Waals surface area contributed by atoms with Gasteiger partial charge in [0.2, 0.25) is 0 Å². The molecule has 25 heavy (non-hydrogen) atoms. The van der Waals surface area contributed by atoms with Crippen LogP contribution in [0.2, 0.25) is 0 Å². The lowest BCUT2D eigenvalue weighted by atomic mass is 9.83. The second-order valence-electron chi connectivity index (χ2n) is 7.03. The van der Waals surface area contributed by atoms with E-state index in [1.54, 1.807) is 26.2 Å². The lowest BCUT2D eigenvalue weighted by Crippen LogP contribution is -2.51. The maximum absolute atomic E-state index is 15.5. The number of fused-ring (bicyclic) bond motifs is 2. The molecule has 0 fully saturated rings. The molecule has 0 spiro atoms. The Morgan fingerprint density at radius 3 is 2.48 bits per heavy atom. The number of aryl methyl sites for hydroxylation is 3. The second kappa shape index (κ2) is 5.00. The number of hydrogen-bond donors (Lipinski definition) is 0. The number of nitrogens with zero attached hydrogens (tertiary/aromatic N) is 3. The Labute approximate surface area is 146 Å². The first kappa shape index (κ1) is 16.0. The van der Waals surface area contributed by atoms with Crippen LogP contribution in [-0.4, -0.2) is 26.6 Å². The van der Waals surface area contributed by atoms with Gasteiger partial charge in [0, 0.05) is 42.2 Å². The van der Waals surface area contributed by atoms with E-state index in [1.165, 1.54) is 8.96 Å². The van der Waals surface area contributed by atoms with Crippen molar-refractivity contribution in [2.45, 2.75) is 34.6 Å². The van der Waals surface area contributed by atoms with Crippen molar-refractivity contribution in [1.29, 1.82) is 0 Å².